The van der Waals surface area contributed by atoms with Crippen LogP contribution >= 0.6 is 0 Å². The van der Waals surface area contributed by atoms with Crippen molar-refractivity contribution in [2.45, 2.75) is 24.3 Å². The molecule has 0 bridgehead atoms. The van der Waals surface area contributed by atoms with Crippen LogP contribution in [0.15, 0.2) is 35.5 Å². The zero-order chi connectivity index (χ0) is 16.0. The molecule has 0 saturated heterocycles. The number of aromatic nitrogens is 2. The van der Waals surface area contributed by atoms with Crippen molar-refractivity contribution >= 4 is 10.0 Å². The maximum atomic E-state index is 12.4. The SMILES string of the molecule is Cn1cc(S(=O)(=O)NC(C)(C)c2ccc3c(c2)OCO3)cn1. The second-order valence-corrected chi connectivity index (χ2v) is 7.33. The zero-order valence-electron chi connectivity index (χ0n) is 12.5. The van der Waals surface area contributed by atoms with Crippen molar-refractivity contribution in [1.29, 1.82) is 0 Å². The van der Waals surface area contributed by atoms with Crippen LogP contribution in [0.1, 0.15) is 19.4 Å². The van der Waals surface area contributed by atoms with Crippen molar-refractivity contribution in [3.05, 3.63) is 36.2 Å². The normalized spacial score (nSPS) is 14.3. The number of hydrogen-bond donors (Lipinski definition) is 1. The summed E-state index contributed by atoms with van der Waals surface area (Å²) in [6, 6.07) is 5.38. The van der Waals surface area contributed by atoms with Crippen LogP contribution < -0.4 is 14.2 Å². The summed E-state index contributed by atoms with van der Waals surface area (Å²) in [6.45, 7) is 3.76. The van der Waals surface area contributed by atoms with Gasteiger partial charge in [-0.3, -0.25) is 4.68 Å². The molecular formula is C14H17N3O4S. The van der Waals surface area contributed by atoms with Gasteiger partial charge in [-0.15, -0.1) is 0 Å². The summed E-state index contributed by atoms with van der Waals surface area (Å²) in [5.74, 6) is 1.28. The van der Waals surface area contributed by atoms with E-state index < -0.39 is 15.6 Å². The van der Waals surface area contributed by atoms with Crippen LogP contribution in [-0.4, -0.2) is 25.0 Å². The smallest absolute Gasteiger partial charge is 0.244 e. The minimum Gasteiger partial charge on any atom is -0.454 e. The van der Waals surface area contributed by atoms with Crippen LogP contribution in [0.3, 0.4) is 0 Å². The van der Waals surface area contributed by atoms with Gasteiger partial charge < -0.3 is 9.47 Å². The Bertz CT molecular complexity index is 811. The summed E-state index contributed by atoms with van der Waals surface area (Å²) in [4.78, 5) is 0.129. The lowest BCUT2D eigenvalue weighted by atomic mass is 9.95. The van der Waals surface area contributed by atoms with E-state index in [4.69, 9.17) is 9.47 Å². The molecule has 0 fully saturated rings. The van der Waals surface area contributed by atoms with Crippen LogP contribution in [-0.2, 0) is 22.6 Å². The highest BCUT2D eigenvalue weighted by Gasteiger charge is 2.30. The van der Waals surface area contributed by atoms with Crippen molar-refractivity contribution < 1.29 is 17.9 Å². The quantitative estimate of drug-likeness (QED) is 0.919. The molecule has 0 atom stereocenters. The number of hydrogen-bond acceptors (Lipinski definition) is 5. The molecule has 0 unspecified atom stereocenters. The number of benzene rings is 1. The number of nitrogens with zero attached hydrogens (tertiary/aromatic N) is 2. The fourth-order valence-electron chi connectivity index (χ4n) is 2.28. The van der Waals surface area contributed by atoms with Crippen LogP contribution in [0.5, 0.6) is 11.5 Å². The molecule has 118 valence electrons. The summed E-state index contributed by atoms with van der Waals surface area (Å²) < 4.78 is 39.6. The van der Waals surface area contributed by atoms with Gasteiger partial charge in [-0.25, -0.2) is 13.1 Å². The summed E-state index contributed by atoms with van der Waals surface area (Å²) in [5, 5.41) is 3.89. The summed E-state index contributed by atoms with van der Waals surface area (Å²) >= 11 is 0. The number of nitrogens with one attached hydrogen (secondary N) is 1. The Morgan fingerprint density at radius 3 is 2.68 bits per heavy atom. The first-order valence-corrected chi connectivity index (χ1v) is 8.19. The molecule has 8 heteroatoms. The van der Waals surface area contributed by atoms with Gasteiger partial charge in [0.25, 0.3) is 0 Å². The van der Waals surface area contributed by atoms with Crippen molar-refractivity contribution in [2.75, 3.05) is 6.79 Å². The maximum absolute atomic E-state index is 12.4. The Morgan fingerprint density at radius 1 is 1.27 bits per heavy atom. The second-order valence-electron chi connectivity index (χ2n) is 5.65. The number of ether oxygens (including phenoxy) is 2. The average molecular weight is 323 g/mol. The van der Waals surface area contributed by atoms with Gasteiger partial charge in [-0.05, 0) is 31.5 Å². The molecule has 2 aromatic rings. The van der Waals surface area contributed by atoms with Crippen LogP contribution in [0.25, 0.3) is 0 Å². The van der Waals surface area contributed by atoms with E-state index in [9.17, 15) is 8.42 Å². The first-order chi connectivity index (χ1) is 10.3. The first kappa shape index (κ1) is 14.9. The van der Waals surface area contributed by atoms with E-state index in [0.29, 0.717) is 11.5 Å². The Hall–Kier alpha value is -2.06. The lowest BCUT2D eigenvalue weighted by Crippen LogP contribution is -2.40. The van der Waals surface area contributed by atoms with E-state index in [1.807, 2.05) is 6.07 Å². The van der Waals surface area contributed by atoms with Crippen LogP contribution in [0.2, 0.25) is 0 Å². The Kier molecular flexibility index (Phi) is 3.37. The molecule has 22 heavy (non-hydrogen) atoms. The predicted octanol–water partition coefficient (Wildman–Crippen LogP) is 1.36. The fourth-order valence-corrected chi connectivity index (χ4v) is 3.66. The third-order valence-corrected chi connectivity index (χ3v) is 5.09. The number of rotatable bonds is 4. The highest BCUT2D eigenvalue weighted by atomic mass is 32.2. The second kappa shape index (κ2) is 4.99. The molecule has 0 spiro atoms. The third-order valence-electron chi connectivity index (χ3n) is 3.48. The van der Waals surface area contributed by atoms with Crippen LogP contribution in [0, 0.1) is 0 Å². The Balaban J connectivity index is 1.90. The fraction of sp³-hybridized carbons (Fsp3) is 0.357. The van der Waals surface area contributed by atoms with Crippen molar-refractivity contribution in [3.63, 3.8) is 0 Å². The maximum Gasteiger partial charge on any atom is 0.244 e. The van der Waals surface area contributed by atoms with E-state index in [0.717, 1.165) is 5.56 Å². The van der Waals surface area contributed by atoms with Gasteiger partial charge in [0.1, 0.15) is 4.90 Å². The molecule has 1 aliphatic rings. The van der Waals surface area contributed by atoms with Crippen LogP contribution in [0.4, 0.5) is 0 Å². The highest BCUT2D eigenvalue weighted by molar-refractivity contribution is 7.89. The minimum absolute atomic E-state index is 0.129. The first-order valence-electron chi connectivity index (χ1n) is 6.71. The molecule has 0 amide bonds. The molecule has 1 N–H and O–H groups in total. The molecule has 0 aliphatic carbocycles. The van der Waals surface area contributed by atoms with Gasteiger partial charge in [-0.1, -0.05) is 6.07 Å². The summed E-state index contributed by atoms with van der Waals surface area (Å²) in [7, 11) is -2.00. The molecule has 3 rings (SSSR count). The summed E-state index contributed by atoms with van der Waals surface area (Å²) in [6.07, 6.45) is 2.77. The van der Waals surface area contributed by atoms with Crippen molar-refractivity contribution in [2.24, 2.45) is 7.05 Å². The third kappa shape index (κ3) is 2.67. The van der Waals surface area contributed by atoms with E-state index in [1.165, 1.54) is 17.1 Å². The number of aryl methyl sites for hydroxylation is 1. The minimum atomic E-state index is -3.66. The van der Waals surface area contributed by atoms with Crippen molar-refractivity contribution in [1.82, 2.24) is 14.5 Å². The van der Waals surface area contributed by atoms with Crippen molar-refractivity contribution in [3.8, 4) is 11.5 Å². The number of sulfonamides is 1. The molecule has 1 aromatic carbocycles. The largest absolute Gasteiger partial charge is 0.454 e. The van der Waals surface area contributed by atoms with Gasteiger partial charge in [0.05, 0.1) is 11.7 Å². The number of fused-ring (bicyclic) bond motifs is 1. The topological polar surface area (TPSA) is 82.5 Å². The van der Waals surface area contributed by atoms with E-state index >= 15 is 0 Å². The monoisotopic (exact) mass is 323 g/mol. The molecule has 7 nitrogen and oxygen atoms in total. The van der Waals surface area contributed by atoms with E-state index in [1.54, 1.807) is 33.0 Å². The van der Waals surface area contributed by atoms with Gasteiger partial charge in [-0.2, -0.15) is 5.10 Å². The zero-order valence-corrected chi connectivity index (χ0v) is 13.3. The average Bonchev–Trinajstić information content (AvgIpc) is 3.05. The lowest BCUT2D eigenvalue weighted by molar-refractivity contribution is 0.174. The van der Waals surface area contributed by atoms with E-state index in [-0.39, 0.29) is 11.7 Å². The van der Waals surface area contributed by atoms with Gasteiger partial charge >= 0.3 is 0 Å². The Morgan fingerprint density at radius 2 is 2.00 bits per heavy atom. The predicted molar refractivity (Wildman–Crippen MR) is 79.1 cm³/mol. The molecule has 2 heterocycles. The molecule has 1 aromatic heterocycles. The van der Waals surface area contributed by atoms with E-state index in [2.05, 4.69) is 9.82 Å². The molecular weight excluding hydrogens is 306 g/mol. The van der Waals surface area contributed by atoms with Gasteiger partial charge in [0.15, 0.2) is 11.5 Å². The van der Waals surface area contributed by atoms with Gasteiger partial charge in [0, 0.05) is 13.2 Å². The molecule has 0 radical (unpaired) electrons. The standard InChI is InChI=1S/C14H17N3O4S/c1-14(2,10-4-5-12-13(6-10)21-9-20-12)16-22(18,19)11-7-15-17(3)8-11/h4-8,16H,9H2,1-3H3. The Labute approximate surface area is 128 Å². The molecule has 0 saturated carbocycles. The lowest BCUT2D eigenvalue weighted by Gasteiger charge is -2.26. The summed E-state index contributed by atoms with van der Waals surface area (Å²) in [5.41, 5.74) is -0.0282. The molecule has 1 aliphatic heterocycles. The van der Waals surface area contributed by atoms with Gasteiger partial charge in [0.2, 0.25) is 16.8 Å². The highest BCUT2D eigenvalue weighted by Crippen LogP contribution is 2.36.